The highest BCUT2D eigenvalue weighted by atomic mass is 16.4. The molecular weight excluding hydrogens is 432 g/mol. The fourth-order valence-corrected chi connectivity index (χ4v) is 4.45. The number of carbonyl (C=O) groups excluding carboxylic acids is 1. The molecular formula is C27H38N2O5. The van der Waals surface area contributed by atoms with Gasteiger partial charge in [-0.2, -0.15) is 0 Å². The van der Waals surface area contributed by atoms with Gasteiger partial charge in [-0.05, 0) is 69.0 Å². The van der Waals surface area contributed by atoms with Crippen molar-refractivity contribution in [3.63, 3.8) is 0 Å². The standard InChI is InChI=1S/C23H34N2O.C4H4O4/c1-6-7-16(2)25-12-10-17(11-13-25)20-15-24-21-9-8-18(14-19(20)21)22(26)23(3,4)5;5-3(6)1-2-4(7)8/h8-9,14-17,24H,6-7,10-13H2,1-5H3;1-2H,(H,5,6)(H,7,8)/b;2-1+. The van der Waals surface area contributed by atoms with Crippen LogP contribution in [0.2, 0.25) is 0 Å². The van der Waals surface area contributed by atoms with Crippen molar-refractivity contribution in [2.24, 2.45) is 5.41 Å². The molecule has 3 N–H and O–H groups in total. The Morgan fingerprint density at radius 2 is 1.71 bits per heavy atom. The van der Waals surface area contributed by atoms with Crippen LogP contribution in [0.15, 0.2) is 36.5 Å². The van der Waals surface area contributed by atoms with Crippen LogP contribution in [0.25, 0.3) is 10.9 Å². The van der Waals surface area contributed by atoms with Crippen molar-refractivity contribution in [3.8, 4) is 0 Å². The van der Waals surface area contributed by atoms with Gasteiger partial charge in [0.25, 0.3) is 0 Å². The number of hydrogen-bond donors (Lipinski definition) is 3. The Balaban J connectivity index is 0.000000440. The first-order valence-electron chi connectivity index (χ1n) is 12.0. The van der Waals surface area contributed by atoms with E-state index in [1.165, 1.54) is 49.7 Å². The summed E-state index contributed by atoms with van der Waals surface area (Å²) in [7, 11) is 0. The molecule has 1 unspecified atom stereocenters. The predicted molar refractivity (Wildman–Crippen MR) is 134 cm³/mol. The van der Waals surface area contributed by atoms with Crippen LogP contribution in [-0.2, 0) is 9.59 Å². The number of carboxylic acids is 2. The molecule has 2 heterocycles. The number of H-pyrrole nitrogens is 1. The number of piperidine rings is 1. The minimum absolute atomic E-state index is 0.217. The summed E-state index contributed by atoms with van der Waals surface area (Å²) >= 11 is 0. The van der Waals surface area contributed by atoms with Crippen LogP contribution >= 0.6 is 0 Å². The molecule has 34 heavy (non-hydrogen) atoms. The number of carboxylic acid groups (broad SMARTS) is 2. The molecule has 3 rings (SSSR count). The van der Waals surface area contributed by atoms with E-state index in [9.17, 15) is 14.4 Å². The molecule has 186 valence electrons. The van der Waals surface area contributed by atoms with Crippen LogP contribution in [-0.4, -0.2) is 57.0 Å². The van der Waals surface area contributed by atoms with E-state index < -0.39 is 11.9 Å². The molecule has 1 aromatic heterocycles. The van der Waals surface area contributed by atoms with Crippen LogP contribution in [0, 0.1) is 5.41 Å². The fourth-order valence-electron chi connectivity index (χ4n) is 4.45. The number of ketones is 1. The normalized spacial score (nSPS) is 16.3. The number of aliphatic carboxylic acids is 2. The minimum atomic E-state index is -1.26. The van der Waals surface area contributed by atoms with Gasteiger partial charge in [-0.3, -0.25) is 4.79 Å². The lowest BCUT2D eigenvalue weighted by Gasteiger charge is -2.36. The predicted octanol–water partition coefficient (Wildman–Crippen LogP) is 5.48. The molecule has 0 amide bonds. The van der Waals surface area contributed by atoms with Gasteiger partial charge < -0.3 is 20.1 Å². The smallest absolute Gasteiger partial charge is 0.328 e. The van der Waals surface area contributed by atoms with Crippen molar-refractivity contribution >= 4 is 28.6 Å². The van der Waals surface area contributed by atoms with Crippen molar-refractivity contribution in [2.45, 2.75) is 72.3 Å². The Hall–Kier alpha value is -2.93. The number of likely N-dealkylation sites (tertiary alicyclic amines) is 1. The average Bonchev–Trinajstić information content (AvgIpc) is 3.20. The number of nitrogens with zero attached hydrogens (tertiary/aromatic N) is 1. The quantitative estimate of drug-likeness (QED) is 0.365. The van der Waals surface area contributed by atoms with E-state index in [0.29, 0.717) is 24.1 Å². The highest BCUT2D eigenvalue weighted by molar-refractivity contribution is 6.03. The zero-order valence-electron chi connectivity index (χ0n) is 20.9. The third-order valence-electron chi connectivity index (χ3n) is 6.32. The van der Waals surface area contributed by atoms with Gasteiger partial charge in [0.2, 0.25) is 0 Å². The number of carbonyl (C=O) groups is 3. The molecule has 0 saturated carbocycles. The molecule has 1 fully saturated rings. The lowest BCUT2D eigenvalue weighted by atomic mass is 9.84. The maximum atomic E-state index is 12.7. The third kappa shape index (κ3) is 7.55. The maximum absolute atomic E-state index is 12.7. The SMILES string of the molecule is CCCC(C)N1CCC(c2c[nH]c3ccc(C(=O)C(C)(C)C)cc23)CC1.O=C(O)/C=C/C(=O)O. The summed E-state index contributed by atoms with van der Waals surface area (Å²) in [6.07, 6.45) is 8.25. The molecule has 2 aromatic rings. The topological polar surface area (TPSA) is 111 Å². The van der Waals surface area contributed by atoms with Crippen LogP contribution < -0.4 is 0 Å². The summed E-state index contributed by atoms with van der Waals surface area (Å²) in [4.78, 5) is 37.9. The molecule has 1 atom stereocenters. The third-order valence-corrected chi connectivity index (χ3v) is 6.32. The van der Waals surface area contributed by atoms with Crippen molar-refractivity contribution in [3.05, 3.63) is 47.7 Å². The maximum Gasteiger partial charge on any atom is 0.328 e. The van der Waals surface area contributed by atoms with Gasteiger partial charge in [-0.1, -0.05) is 34.1 Å². The lowest BCUT2D eigenvalue weighted by Crippen LogP contribution is -2.39. The number of fused-ring (bicyclic) bond motifs is 1. The van der Waals surface area contributed by atoms with Crippen molar-refractivity contribution < 1.29 is 24.6 Å². The number of rotatable bonds is 7. The van der Waals surface area contributed by atoms with E-state index in [1.54, 1.807) is 0 Å². The Bertz CT molecular complexity index is 1010. The average molecular weight is 471 g/mol. The second kappa shape index (κ2) is 12.0. The van der Waals surface area contributed by atoms with Gasteiger partial charge >= 0.3 is 11.9 Å². The molecule has 0 radical (unpaired) electrons. The Morgan fingerprint density at radius 1 is 1.12 bits per heavy atom. The Labute approximate surface area is 201 Å². The van der Waals surface area contributed by atoms with Gasteiger partial charge in [0.15, 0.2) is 5.78 Å². The monoisotopic (exact) mass is 470 g/mol. The molecule has 1 aliphatic heterocycles. The van der Waals surface area contributed by atoms with Gasteiger partial charge in [-0.25, -0.2) is 9.59 Å². The van der Waals surface area contributed by atoms with Crippen LogP contribution in [0.4, 0.5) is 0 Å². The van der Waals surface area contributed by atoms with E-state index >= 15 is 0 Å². The molecule has 1 aromatic carbocycles. The van der Waals surface area contributed by atoms with Crippen LogP contribution in [0.1, 0.15) is 82.1 Å². The fraction of sp³-hybridized carbons (Fsp3) is 0.519. The van der Waals surface area contributed by atoms with Gasteiger partial charge in [-0.15, -0.1) is 0 Å². The number of aromatic amines is 1. The summed E-state index contributed by atoms with van der Waals surface area (Å²) in [5.41, 5.74) is 3.03. The number of benzene rings is 1. The summed E-state index contributed by atoms with van der Waals surface area (Å²) in [6.45, 7) is 13.0. The lowest BCUT2D eigenvalue weighted by molar-refractivity contribution is -0.134. The number of hydrogen-bond acceptors (Lipinski definition) is 4. The first-order chi connectivity index (χ1) is 15.9. The summed E-state index contributed by atoms with van der Waals surface area (Å²) in [6, 6.07) is 6.84. The summed E-state index contributed by atoms with van der Waals surface area (Å²) in [5, 5.41) is 16.9. The van der Waals surface area contributed by atoms with Gasteiger partial charge in [0.05, 0.1) is 0 Å². The molecule has 1 saturated heterocycles. The van der Waals surface area contributed by atoms with Crippen molar-refractivity contribution in [1.29, 1.82) is 0 Å². The van der Waals surface area contributed by atoms with E-state index in [1.807, 2.05) is 26.8 Å². The molecule has 7 heteroatoms. The Morgan fingerprint density at radius 3 is 2.21 bits per heavy atom. The zero-order chi connectivity index (χ0) is 25.5. The van der Waals surface area contributed by atoms with E-state index in [0.717, 1.165) is 11.1 Å². The first kappa shape index (κ1) is 27.3. The second-order valence-electron chi connectivity index (χ2n) is 10.0. The number of Topliss-reactive ketones (excluding diaryl/α,β-unsaturated/α-hetero) is 1. The highest BCUT2D eigenvalue weighted by Crippen LogP contribution is 2.35. The summed E-state index contributed by atoms with van der Waals surface area (Å²) in [5.74, 6) is -1.71. The van der Waals surface area contributed by atoms with Crippen LogP contribution in [0.5, 0.6) is 0 Å². The van der Waals surface area contributed by atoms with E-state index in [-0.39, 0.29) is 11.2 Å². The number of nitrogens with one attached hydrogen (secondary N) is 1. The van der Waals surface area contributed by atoms with Crippen LogP contribution in [0.3, 0.4) is 0 Å². The number of aromatic nitrogens is 1. The second-order valence-corrected chi connectivity index (χ2v) is 10.0. The van der Waals surface area contributed by atoms with Crippen molar-refractivity contribution in [2.75, 3.05) is 13.1 Å². The molecule has 0 aliphatic carbocycles. The molecule has 1 aliphatic rings. The molecule has 0 spiro atoms. The van der Waals surface area contributed by atoms with E-state index in [2.05, 4.69) is 42.1 Å². The van der Waals surface area contributed by atoms with Gasteiger partial charge in [0, 0.05) is 46.3 Å². The first-order valence-corrected chi connectivity index (χ1v) is 12.0. The van der Waals surface area contributed by atoms with E-state index in [4.69, 9.17) is 10.2 Å². The van der Waals surface area contributed by atoms with Crippen molar-refractivity contribution in [1.82, 2.24) is 9.88 Å². The minimum Gasteiger partial charge on any atom is -0.478 e. The molecule has 0 bridgehead atoms. The highest BCUT2D eigenvalue weighted by Gasteiger charge is 2.27. The summed E-state index contributed by atoms with van der Waals surface area (Å²) < 4.78 is 0. The zero-order valence-corrected chi connectivity index (χ0v) is 20.9. The Kier molecular flexibility index (Phi) is 9.62. The largest absolute Gasteiger partial charge is 0.478 e. The van der Waals surface area contributed by atoms with Gasteiger partial charge in [0.1, 0.15) is 0 Å². The molecule has 7 nitrogen and oxygen atoms in total.